The minimum absolute atomic E-state index is 0.0640. The van der Waals surface area contributed by atoms with E-state index in [0.29, 0.717) is 11.4 Å². The van der Waals surface area contributed by atoms with E-state index in [0.717, 1.165) is 10.0 Å². The first-order valence-corrected chi connectivity index (χ1v) is 11.6. The molecule has 0 bridgehead atoms. The van der Waals surface area contributed by atoms with Crippen LogP contribution in [0.2, 0.25) is 0 Å². The molecule has 166 valence electrons. The fraction of sp³-hybridized carbons (Fsp3) is 0.0952. The molecule has 0 unspecified atom stereocenters. The second-order valence-electron chi connectivity index (χ2n) is 6.61. The number of sulfonamides is 1. The van der Waals surface area contributed by atoms with Gasteiger partial charge in [-0.1, -0.05) is 39.7 Å². The van der Waals surface area contributed by atoms with Crippen molar-refractivity contribution in [2.24, 2.45) is 5.10 Å². The van der Waals surface area contributed by atoms with Crippen molar-refractivity contribution in [2.45, 2.75) is 18.4 Å². The number of carbonyl (C=O) groups is 2. The van der Waals surface area contributed by atoms with Gasteiger partial charge in [0, 0.05) is 10.2 Å². The number of hydrogen-bond donors (Lipinski definition) is 3. The van der Waals surface area contributed by atoms with Gasteiger partial charge in [-0.3, -0.25) is 9.59 Å². The van der Waals surface area contributed by atoms with Crippen molar-refractivity contribution in [1.29, 1.82) is 0 Å². The first kappa shape index (κ1) is 23.4. The average molecular weight is 519 g/mol. The SMILES string of the molecule is Cc1ccc(S(=O)(=O)NCc2ccc(/C=N/NC(=O)C(=O)Nc3cccc(Br)c3)o2)cc1. The van der Waals surface area contributed by atoms with E-state index in [1.165, 1.54) is 18.3 Å². The Morgan fingerprint density at radius 3 is 2.53 bits per heavy atom. The van der Waals surface area contributed by atoms with Crippen LogP contribution in [-0.2, 0) is 26.2 Å². The Morgan fingerprint density at radius 1 is 1.06 bits per heavy atom. The highest BCUT2D eigenvalue weighted by Crippen LogP contribution is 2.15. The summed E-state index contributed by atoms with van der Waals surface area (Å²) in [6.45, 7) is 1.80. The first-order chi connectivity index (χ1) is 15.2. The molecule has 0 radical (unpaired) electrons. The summed E-state index contributed by atoms with van der Waals surface area (Å²) in [5.41, 5.74) is 3.50. The Bertz CT molecular complexity index is 1250. The quantitative estimate of drug-likeness (QED) is 0.251. The average Bonchev–Trinajstić information content (AvgIpc) is 3.20. The van der Waals surface area contributed by atoms with Crippen molar-refractivity contribution in [3.63, 3.8) is 0 Å². The van der Waals surface area contributed by atoms with Crippen molar-refractivity contribution in [3.05, 3.63) is 82.2 Å². The summed E-state index contributed by atoms with van der Waals surface area (Å²) in [4.78, 5) is 23.9. The van der Waals surface area contributed by atoms with Gasteiger partial charge in [-0.25, -0.2) is 18.6 Å². The Labute approximate surface area is 193 Å². The van der Waals surface area contributed by atoms with Gasteiger partial charge in [0.15, 0.2) is 0 Å². The number of halogens is 1. The molecule has 9 nitrogen and oxygen atoms in total. The lowest BCUT2D eigenvalue weighted by Crippen LogP contribution is -2.32. The number of amides is 2. The number of aryl methyl sites for hydroxylation is 1. The highest BCUT2D eigenvalue weighted by atomic mass is 79.9. The summed E-state index contributed by atoms with van der Waals surface area (Å²) >= 11 is 3.27. The fourth-order valence-electron chi connectivity index (χ4n) is 2.49. The van der Waals surface area contributed by atoms with Crippen LogP contribution < -0.4 is 15.5 Å². The van der Waals surface area contributed by atoms with E-state index in [4.69, 9.17) is 4.42 Å². The molecule has 1 aromatic heterocycles. The minimum atomic E-state index is -3.68. The van der Waals surface area contributed by atoms with Crippen LogP contribution in [0.5, 0.6) is 0 Å². The Balaban J connectivity index is 1.50. The number of hydrazone groups is 1. The molecule has 11 heteroatoms. The molecule has 3 rings (SSSR count). The van der Waals surface area contributed by atoms with Gasteiger partial charge in [-0.15, -0.1) is 0 Å². The first-order valence-electron chi connectivity index (χ1n) is 9.28. The monoisotopic (exact) mass is 518 g/mol. The summed E-state index contributed by atoms with van der Waals surface area (Å²) < 4.78 is 33.3. The van der Waals surface area contributed by atoms with Gasteiger partial charge in [0.25, 0.3) is 0 Å². The maximum atomic E-state index is 12.3. The molecule has 0 aliphatic heterocycles. The number of nitrogens with one attached hydrogen (secondary N) is 3. The molecule has 3 aromatic rings. The number of hydrogen-bond acceptors (Lipinski definition) is 6. The third kappa shape index (κ3) is 6.61. The van der Waals surface area contributed by atoms with Crippen molar-refractivity contribution in [1.82, 2.24) is 10.1 Å². The number of carbonyl (C=O) groups excluding carboxylic acids is 2. The zero-order valence-electron chi connectivity index (χ0n) is 16.8. The Kier molecular flexibility index (Phi) is 7.57. The predicted molar refractivity (Wildman–Crippen MR) is 122 cm³/mol. The summed E-state index contributed by atoms with van der Waals surface area (Å²) in [7, 11) is -3.68. The van der Waals surface area contributed by atoms with E-state index >= 15 is 0 Å². The lowest BCUT2D eigenvalue weighted by molar-refractivity contribution is -0.136. The molecule has 2 amide bonds. The van der Waals surface area contributed by atoms with Crippen molar-refractivity contribution in [3.8, 4) is 0 Å². The molecular weight excluding hydrogens is 500 g/mol. The molecule has 0 atom stereocenters. The second kappa shape index (κ2) is 10.4. The molecule has 3 N–H and O–H groups in total. The molecule has 0 saturated carbocycles. The standard InChI is InChI=1S/C21H19BrN4O5S/c1-14-5-9-19(10-6-14)32(29,30)24-13-18-8-7-17(31-18)12-23-26-21(28)20(27)25-16-4-2-3-15(22)11-16/h2-12,24H,13H2,1H3,(H,25,27)(H,26,28)/b23-12+. The normalized spacial score (nSPS) is 11.4. The third-order valence-electron chi connectivity index (χ3n) is 4.10. The van der Waals surface area contributed by atoms with Crippen LogP contribution >= 0.6 is 15.9 Å². The number of rotatable bonds is 7. The molecule has 1 heterocycles. The number of benzene rings is 2. The Morgan fingerprint density at radius 2 is 1.81 bits per heavy atom. The fourth-order valence-corrected chi connectivity index (χ4v) is 3.88. The number of nitrogens with zero attached hydrogens (tertiary/aromatic N) is 1. The maximum Gasteiger partial charge on any atom is 0.329 e. The second-order valence-corrected chi connectivity index (χ2v) is 9.29. The smallest absolute Gasteiger partial charge is 0.329 e. The van der Waals surface area contributed by atoms with E-state index in [2.05, 4.69) is 36.5 Å². The molecule has 0 saturated heterocycles. The molecule has 0 fully saturated rings. The van der Waals surface area contributed by atoms with E-state index in [-0.39, 0.29) is 17.2 Å². The van der Waals surface area contributed by atoms with Crippen molar-refractivity contribution >= 4 is 49.7 Å². The number of anilines is 1. The third-order valence-corrected chi connectivity index (χ3v) is 6.01. The molecular formula is C21H19BrN4O5S. The van der Waals surface area contributed by atoms with Gasteiger partial charge < -0.3 is 9.73 Å². The van der Waals surface area contributed by atoms with Gasteiger partial charge >= 0.3 is 11.8 Å². The number of furan rings is 1. The van der Waals surface area contributed by atoms with Crippen LogP contribution in [-0.4, -0.2) is 26.4 Å². The van der Waals surface area contributed by atoms with Crippen LogP contribution in [0.25, 0.3) is 0 Å². The summed E-state index contributed by atoms with van der Waals surface area (Å²) in [5.74, 6) is -1.23. The van der Waals surface area contributed by atoms with Gasteiger partial charge in [0.2, 0.25) is 10.0 Å². The Hall–Kier alpha value is -3.28. The molecule has 2 aromatic carbocycles. The van der Waals surface area contributed by atoms with Gasteiger partial charge in [-0.05, 0) is 49.4 Å². The van der Waals surface area contributed by atoms with Crippen LogP contribution in [0.1, 0.15) is 17.1 Å². The molecule has 0 aliphatic rings. The zero-order valence-corrected chi connectivity index (χ0v) is 19.2. The van der Waals surface area contributed by atoms with Gasteiger partial charge in [0.1, 0.15) is 11.5 Å². The van der Waals surface area contributed by atoms with Crippen LogP contribution in [0.4, 0.5) is 5.69 Å². The highest BCUT2D eigenvalue weighted by molar-refractivity contribution is 9.10. The van der Waals surface area contributed by atoms with Crippen molar-refractivity contribution in [2.75, 3.05) is 5.32 Å². The van der Waals surface area contributed by atoms with Crippen LogP contribution in [0.3, 0.4) is 0 Å². The van der Waals surface area contributed by atoms with E-state index < -0.39 is 21.8 Å². The maximum absolute atomic E-state index is 12.3. The molecule has 0 aliphatic carbocycles. The van der Waals surface area contributed by atoms with Gasteiger partial charge in [-0.2, -0.15) is 5.10 Å². The molecule has 32 heavy (non-hydrogen) atoms. The topological polar surface area (TPSA) is 130 Å². The zero-order chi connectivity index (χ0) is 23.1. The lowest BCUT2D eigenvalue weighted by atomic mass is 10.2. The van der Waals surface area contributed by atoms with E-state index in [1.54, 1.807) is 48.5 Å². The highest BCUT2D eigenvalue weighted by Gasteiger charge is 2.15. The minimum Gasteiger partial charge on any atom is -0.459 e. The van der Waals surface area contributed by atoms with Crippen LogP contribution in [0, 0.1) is 6.92 Å². The predicted octanol–water partition coefficient (Wildman–Crippen LogP) is 2.92. The summed E-state index contributed by atoms with van der Waals surface area (Å²) in [6.07, 6.45) is 1.20. The molecule has 0 spiro atoms. The lowest BCUT2D eigenvalue weighted by Gasteiger charge is -2.05. The van der Waals surface area contributed by atoms with E-state index in [9.17, 15) is 18.0 Å². The van der Waals surface area contributed by atoms with Crippen LogP contribution in [0.15, 0.2) is 79.6 Å². The largest absolute Gasteiger partial charge is 0.459 e. The summed E-state index contributed by atoms with van der Waals surface area (Å²) in [5, 5.41) is 6.11. The van der Waals surface area contributed by atoms with Gasteiger partial charge in [0.05, 0.1) is 17.7 Å². The van der Waals surface area contributed by atoms with E-state index in [1.807, 2.05) is 6.92 Å². The van der Waals surface area contributed by atoms with Crippen molar-refractivity contribution < 1.29 is 22.4 Å². The summed E-state index contributed by atoms with van der Waals surface area (Å²) in [6, 6.07) is 16.4.